The van der Waals surface area contributed by atoms with Crippen molar-refractivity contribution in [2.24, 2.45) is 12.8 Å². The van der Waals surface area contributed by atoms with Crippen LogP contribution in [0.3, 0.4) is 0 Å². The highest BCUT2D eigenvalue weighted by Crippen LogP contribution is 2.22. The third-order valence-electron chi connectivity index (χ3n) is 5.76. The van der Waals surface area contributed by atoms with Crippen molar-refractivity contribution in [1.29, 1.82) is 0 Å². The molecule has 1 fully saturated rings. The van der Waals surface area contributed by atoms with Crippen molar-refractivity contribution in [3.05, 3.63) is 56.7 Å². The number of fused-ring (bicyclic) bond motifs is 1. The molecule has 9 nitrogen and oxygen atoms in total. The Labute approximate surface area is 185 Å². The summed E-state index contributed by atoms with van der Waals surface area (Å²) in [7, 11) is 1.56. The molecule has 166 valence electrons. The summed E-state index contributed by atoms with van der Waals surface area (Å²) in [5, 5.41) is 0. The number of aryl methyl sites for hydroxylation is 1. The minimum Gasteiger partial charge on any atom is -0.341 e. The highest BCUT2D eigenvalue weighted by atomic mass is 16.2. The highest BCUT2D eigenvalue weighted by molar-refractivity contribution is 5.95. The first-order valence-corrected chi connectivity index (χ1v) is 10.6. The molecule has 0 bridgehead atoms. The molecule has 4 rings (SSSR count). The number of rotatable bonds is 5. The van der Waals surface area contributed by atoms with Gasteiger partial charge in [-0.25, -0.2) is 4.79 Å². The number of piperidine rings is 1. The summed E-state index contributed by atoms with van der Waals surface area (Å²) in [6.07, 6.45) is 1.84. The van der Waals surface area contributed by atoms with Gasteiger partial charge in [-0.05, 0) is 19.8 Å². The number of carbonyl (C=O) groups excluding carboxylic acids is 1. The van der Waals surface area contributed by atoms with Crippen LogP contribution in [0.2, 0.25) is 0 Å². The van der Waals surface area contributed by atoms with Crippen LogP contribution in [-0.2, 0) is 20.1 Å². The molecule has 0 amide bonds. The van der Waals surface area contributed by atoms with Gasteiger partial charge in [0.05, 0.1) is 13.1 Å². The smallest absolute Gasteiger partial charge is 0.332 e. The Morgan fingerprint density at radius 2 is 1.97 bits per heavy atom. The number of benzene rings is 1. The van der Waals surface area contributed by atoms with Gasteiger partial charge in [0.2, 0.25) is 5.95 Å². The summed E-state index contributed by atoms with van der Waals surface area (Å²) in [5.74, 6) is 6.10. The van der Waals surface area contributed by atoms with Crippen molar-refractivity contribution in [1.82, 2.24) is 18.7 Å². The first kappa shape index (κ1) is 21.6. The number of carbonyl (C=O) groups is 1. The van der Waals surface area contributed by atoms with Crippen LogP contribution >= 0.6 is 0 Å². The Kier molecular flexibility index (Phi) is 5.97. The summed E-state index contributed by atoms with van der Waals surface area (Å²) in [4.78, 5) is 45.9. The maximum Gasteiger partial charge on any atom is 0.332 e. The van der Waals surface area contributed by atoms with Gasteiger partial charge in [0, 0.05) is 31.7 Å². The molecule has 2 aromatic heterocycles. The van der Waals surface area contributed by atoms with Crippen molar-refractivity contribution in [3.63, 3.8) is 0 Å². The monoisotopic (exact) mass is 434 g/mol. The fourth-order valence-corrected chi connectivity index (χ4v) is 4.10. The van der Waals surface area contributed by atoms with E-state index in [0.29, 0.717) is 18.1 Å². The maximum atomic E-state index is 13.5. The van der Waals surface area contributed by atoms with Gasteiger partial charge in [-0.1, -0.05) is 36.3 Å². The van der Waals surface area contributed by atoms with Gasteiger partial charge >= 0.3 is 5.69 Å². The fraction of sp³-hybridized carbons (Fsp3) is 0.391. The topological polar surface area (TPSA) is 108 Å². The lowest BCUT2D eigenvalue weighted by atomic mass is 10.1. The van der Waals surface area contributed by atoms with Crippen molar-refractivity contribution in [2.75, 3.05) is 18.0 Å². The van der Waals surface area contributed by atoms with Crippen LogP contribution in [0.5, 0.6) is 0 Å². The third-order valence-corrected chi connectivity index (χ3v) is 5.76. The molecule has 3 aromatic rings. The van der Waals surface area contributed by atoms with Gasteiger partial charge in [-0.2, -0.15) is 4.98 Å². The first-order chi connectivity index (χ1) is 15.4. The number of imidazole rings is 1. The van der Waals surface area contributed by atoms with Gasteiger partial charge in [0.15, 0.2) is 16.9 Å². The van der Waals surface area contributed by atoms with Crippen LogP contribution in [0, 0.1) is 11.8 Å². The molecule has 0 unspecified atom stereocenters. The molecule has 1 aliphatic heterocycles. The molecule has 3 heterocycles. The Morgan fingerprint density at radius 3 is 2.66 bits per heavy atom. The van der Waals surface area contributed by atoms with Crippen molar-refractivity contribution in [2.45, 2.75) is 38.9 Å². The maximum absolute atomic E-state index is 13.5. The lowest BCUT2D eigenvalue weighted by Crippen LogP contribution is -2.44. The van der Waals surface area contributed by atoms with Gasteiger partial charge < -0.3 is 10.6 Å². The summed E-state index contributed by atoms with van der Waals surface area (Å²) in [6.45, 7) is 2.99. The normalized spacial score (nSPS) is 16.1. The van der Waals surface area contributed by atoms with Crippen molar-refractivity contribution in [3.8, 4) is 11.8 Å². The summed E-state index contributed by atoms with van der Waals surface area (Å²) < 4.78 is 4.02. The minimum absolute atomic E-state index is 0.0123. The van der Waals surface area contributed by atoms with Crippen LogP contribution in [0.4, 0.5) is 5.95 Å². The van der Waals surface area contributed by atoms with Gasteiger partial charge in [0.1, 0.15) is 0 Å². The van der Waals surface area contributed by atoms with E-state index in [2.05, 4.69) is 16.8 Å². The molecule has 0 saturated carbocycles. The largest absolute Gasteiger partial charge is 0.341 e. The van der Waals surface area contributed by atoms with Crippen LogP contribution in [0.1, 0.15) is 30.1 Å². The van der Waals surface area contributed by atoms with Gasteiger partial charge in [-0.15, -0.1) is 5.92 Å². The molecule has 0 radical (unpaired) electrons. The number of nitrogens with two attached hydrogens (primary N) is 1. The van der Waals surface area contributed by atoms with E-state index >= 15 is 0 Å². The van der Waals surface area contributed by atoms with E-state index in [4.69, 9.17) is 5.73 Å². The second-order valence-corrected chi connectivity index (χ2v) is 7.97. The molecule has 1 atom stereocenters. The zero-order valence-corrected chi connectivity index (χ0v) is 18.2. The SMILES string of the molecule is CC#CCn1c(N2CCC[C@@H](N)C2)nc2c1c(=O)n(CC(=O)c1ccccc1)c(=O)n2C. The molecule has 0 spiro atoms. The van der Waals surface area contributed by atoms with Crippen LogP contribution < -0.4 is 21.9 Å². The zero-order valence-electron chi connectivity index (χ0n) is 18.2. The Balaban J connectivity index is 1.88. The second-order valence-electron chi connectivity index (χ2n) is 7.97. The van der Waals surface area contributed by atoms with Gasteiger partial charge in [0.25, 0.3) is 5.56 Å². The van der Waals surface area contributed by atoms with Crippen LogP contribution in [0.25, 0.3) is 11.2 Å². The average Bonchev–Trinajstić information content (AvgIpc) is 3.19. The molecule has 1 aromatic carbocycles. The molecule has 0 aliphatic carbocycles. The summed E-state index contributed by atoms with van der Waals surface area (Å²) >= 11 is 0. The van der Waals surface area contributed by atoms with Gasteiger partial charge in [-0.3, -0.25) is 23.3 Å². The molecule has 9 heteroatoms. The summed E-state index contributed by atoms with van der Waals surface area (Å²) in [5.41, 5.74) is 5.99. The molecular weight excluding hydrogens is 408 g/mol. The molecule has 2 N–H and O–H groups in total. The standard InChI is InChI=1S/C23H26N6O3/c1-3-4-13-28-19-20(25-22(28)27-12-8-11-17(24)14-27)26(2)23(32)29(21(19)31)15-18(30)16-9-6-5-7-10-16/h5-7,9-10,17H,8,11-15,24H2,1-2H3/t17-/m1/s1. The Hall–Kier alpha value is -3.64. The number of anilines is 1. The predicted molar refractivity (Wildman–Crippen MR) is 123 cm³/mol. The number of aromatic nitrogens is 4. The fourth-order valence-electron chi connectivity index (χ4n) is 4.10. The number of nitrogens with zero attached hydrogens (tertiary/aromatic N) is 5. The van der Waals surface area contributed by atoms with E-state index < -0.39 is 11.2 Å². The predicted octanol–water partition coefficient (Wildman–Crippen LogP) is 0.730. The quantitative estimate of drug-likeness (QED) is 0.469. The van der Waals surface area contributed by atoms with E-state index in [0.717, 1.165) is 24.0 Å². The molecule has 1 saturated heterocycles. The average molecular weight is 435 g/mol. The number of ketones is 1. The Morgan fingerprint density at radius 1 is 1.22 bits per heavy atom. The van der Waals surface area contributed by atoms with E-state index in [-0.39, 0.29) is 36.1 Å². The molecule has 32 heavy (non-hydrogen) atoms. The molecule has 1 aliphatic rings. The molecular formula is C23H26N6O3. The van der Waals surface area contributed by atoms with E-state index in [9.17, 15) is 14.4 Å². The first-order valence-electron chi connectivity index (χ1n) is 10.6. The number of hydrogen-bond acceptors (Lipinski definition) is 6. The number of hydrogen-bond donors (Lipinski definition) is 1. The summed E-state index contributed by atoms with van der Waals surface area (Å²) in [6, 6.07) is 8.62. The number of Topliss-reactive ketones (excluding diaryl/α,β-unsaturated/α-hetero) is 1. The van der Waals surface area contributed by atoms with E-state index in [1.807, 2.05) is 4.90 Å². The highest BCUT2D eigenvalue weighted by Gasteiger charge is 2.26. The third kappa shape index (κ3) is 3.85. The van der Waals surface area contributed by atoms with Crippen molar-refractivity contribution < 1.29 is 4.79 Å². The van der Waals surface area contributed by atoms with Crippen LogP contribution in [-0.4, -0.2) is 43.6 Å². The van der Waals surface area contributed by atoms with E-state index in [1.54, 1.807) is 48.9 Å². The lowest BCUT2D eigenvalue weighted by molar-refractivity contribution is 0.0969. The Bertz CT molecular complexity index is 1340. The van der Waals surface area contributed by atoms with Crippen molar-refractivity contribution >= 4 is 22.9 Å². The van der Waals surface area contributed by atoms with E-state index in [1.165, 1.54) is 4.57 Å². The minimum atomic E-state index is -0.583. The second kappa shape index (κ2) is 8.85. The lowest BCUT2D eigenvalue weighted by Gasteiger charge is -2.31. The van der Waals surface area contributed by atoms with Crippen LogP contribution in [0.15, 0.2) is 39.9 Å². The zero-order chi connectivity index (χ0) is 22.8.